The predicted octanol–water partition coefficient (Wildman–Crippen LogP) is 4.06. The van der Waals surface area contributed by atoms with Gasteiger partial charge < -0.3 is 4.52 Å². The first-order valence-electron chi connectivity index (χ1n) is 5.49. The van der Waals surface area contributed by atoms with Crippen LogP contribution in [0.5, 0.6) is 0 Å². The molecule has 104 valence electrons. The number of halogens is 3. The van der Waals surface area contributed by atoms with Gasteiger partial charge in [-0.2, -0.15) is 18.2 Å². The molecular weight excluding hydrogens is 257 g/mol. The summed E-state index contributed by atoms with van der Waals surface area (Å²) in [6.45, 7) is 12.2. The molecule has 0 aliphatic rings. The van der Waals surface area contributed by atoms with Gasteiger partial charge in [0.25, 0.3) is 5.89 Å². The largest absolute Gasteiger partial charge is 0.415 e. The van der Waals surface area contributed by atoms with Gasteiger partial charge in [0.05, 0.1) is 0 Å². The molecule has 0 atom stereocenters. The molecule has 0 spiro atoms. The first-order chi connectivity index (χ1) is 8.51. The van der Waals surface area contributed by atoms with Crippen LogP contribution >= 0.6 is 0 Å². The van der Waals surface area contributed by atoms with Crippen LogP contribution in [0, 0.1) is 0 Å². The number of rotatable bonds is 3. The van der Waals surface area contributed by atoms with E-state index in [9.17, 15) is 13.2 Å². The zero-order valence-corrected chi connectivity index (χ0v) is 11.0. The first kappa shape index (κ1) is 15.2. The van der Waals surface area contributed by atoms with E-state index in [-0.39, 0.29) is 16.9 Å². The van der Waals surface area contributed by atoms with E-state index in [0.29, 0.717) is 5.82 Å². The second-order valence-electron chi connectivity index (χ2n) is 5.05. The van der Waals surface area contributed by atoms with E-state index in [1.54, 1.807) is 0 Å². The van der Waals surface area contributed by atoms with Crippen LogP contribution in [0.2, 0.25) is 0 Å². The van der Waals surface area contributed by atoms with Crippen LogP contribution in [0.25, 0.3) is 5.57 Å². The molecule has 1 rings (SSSR count). The fraction of sp³-hybridized carbons (Fsp3) is 0.385. The number of allylic oxidation sites excluding steroid dienone is 4. The van der Waals surface area contributed by atoms with Crippen LogP contribution in [-0.2, 0) is 5.41 Å². The lowest BCUT2D eigenvalue weighted by Gasteiger charge is -2.10. The number of nitrogens with zero attached hydrogens (tertiary/aromatic N) is 2. The molecule has 19 heavy (non-hydrogen) atoms. The van der Waals surface area contributed by atoms with Crippen molar-refractivity contribution in [2.45, 2.75) is 32.4 Å². The summed E-state index contributed by atoms with van der Waals surface area (Å²) >= 11 is 0. The second kappa shape index (κ2) is 5.03. The highest BCUT2D eigenvalue weighted by Crippen LogP contribution is 2.26. The smallest absolute Gasteiger partial charge is 0.334 e. The number of alkyl halides is 3. The third-order valence-electron chi connectivity index (χ3n) is 2.22. The topological polar surface area (TPSA) is 38.9 Å². The number of hydrogen-bond acceptors (Lipinski definition) is 3. The SMILES string of the molecule is C=C(/C=C\C(=C)C(F)(F)F)c1nc(C(C)(C)C)no1. The molecule has 0 saturated carbocycles. The quantitative estimate of drug-likeness (QED) is 0.779. The first-order valence-corrected chi connectivity index (χ1v) is 5.49. The predicted molar refractivity (Wildman–Crippen MR) is 66.4 cm³/mol. The van der Waals surface area contributed by atoms with Crippen LogP contribution < -0.4 is 0 Å². The Hall–Kier alpha value is -1.85. The van der Waals surface area contributed by atoms with Gasteiger partial charge in [0, 0.05) is 16.6 Å². The van der Waals surface area contributed by atoms with Gasteiger partial charge in [-0.05, 0) is 12.2 Å². The van der Waals surface area contributed by atoms with Crippen LogP contribution in [0.15, 0.2) is 35.4 Å². The van der Waals surface area contributed by atoms with Crippen molar-refractivity contribution in [2.24, 2.45) is 0 Å². The molecule has 0 saturated heterocycles. The molecule has 0 aromatic carbocycles. The van der Waals surface area contributed by atoms with Gasteiger partial charge >= 0.3 is 6.18 Å². The molecule has 3 nitrogen and oxygen atoms in total. The summed E-state index contributed by atoms with van der Waals surface area (Å²) in [5, 5.41) is 3.76. The fourth-order valence-electron chi connectivity index (χ4n) is 1.03. The monoisotopic (exact) mass is 272 g/mol. The third-order valence-corrected chi connectivity index (χ3v) is 2.22. The minimum absolute atomic E-state index is 0.0937. The summed E-state index contributed by atoms with van der Waals surface area (Å²) < 4.78 is 41.6. The van der Waals surface area contributed by atoms with E-state index < -0.39 is 11.7 Å². The van der Waals surface area contributed by atoms with Crippen LogP contribution in [0.3, 0.4) is 0 Å². The second-order valence-corrected chi connectivity index (χ2v) is 5.05. The summed E-state index contributed by atoms with van der Waals surface area (Å²) in [7, 11) is 0. The maximum atomic E-state index is 12.2. The van der Waals surface area contributed by atoms with Gasteiger partial charge in [0.1, 0.15) is 0 Å². The van der Waals surface area contributed by atoms with Gasteiger partial charge in [0.15, 0.2) is 5.82 Å². The Bertz CT molecular complexity index is 519. The van der Waals surface area contributed by atoms with Gasteiger partial charge in [0.2, 0.25) is 0 Å². The highest BCUT2D eigenvalue weighted by Gasteiger charge is 2.30. The van der Waals surface area contributed by atoms with Crippen molar-refractivity contribution in [2.75, 3.05) is 0 Å². The van der Waals surface area contributed by atoms with Crippen molar-refractivity contribution in [1.82, 2.24) is 10.1 Å². The molecule has 1 aromatic heterocycles. The maximum Gasteiger partial charge on any atom is 0.415 e. The Labute approximate surface area is 109 Å². The van der Waals surface area contributed by atoms with E-state index >= 15 is 0 Å². The molecule has 0 bridgehead atoms. The average molecular weight is 272 g/mol. The van der Waals surface area contributed by atoms with E-state index in [0.717, 1.165) is 12.2 Å². The molecule has 0 aliphatic carbocycles. The molecule has 0 radical (unpaired) electrons. The molecule has 1 heterocycles. The lowest BCUT2D eigenvalue weighted by atomic mass is 9.96. The van der Waals surface area contributed by atoms with Crippen molar-refractivity contribution in [3.05, 3.63) is 42.6 Å². The normalized spacial score (nSPS) is 12.9. The van der Waals surface area contributed by atoms with E-state index in [4.69, 9.17) is 4.52 Å². The third kappa shape index (κ3) is 4.08. The van der Waals surface area contributed by atoms with Gasteiger partial charge in [-0.1, -0.05) is 39.1 Å². The Kier molecular flexibility index (Phi) is 4.03. The molecule has 0 unspecified atom stereocenters. The minimum Gasteiger partial charge on any atom is -0.334 e. The van der Waals surface area contributed by atoms with Crippen molar-refractivity contribution in [3.63, 3.8) is 0 Å². The van der Waals surface area contributed by atoms with E-state index in [1.807, 2.05) is 20.8 Å². The molecular formula is C13H15F3N2O. The number of aromatic nitrogens is 2. The van der Waals surface area contributed by atoms with E-state index in [1.165, 1.54) is 0 Å². The summed E-state index contributed by atoms with van der Waals surface area (Å²) in [4.78, 5) is 4.08. The van der Waals surface area contributed by atoms with Crippen LogP contribution in [0.4, 0.5) is 13.2 Å². The van der Waals surface area contributed by atoms with Crippen LogP contribution in [-0.4, -0.2) is 16.3 Å². The average Bonchev–Trinajstić information content (AvgIpc) is 2.72. The van der Waals surface area contributed by atoms with Crippen molar-refractivity contribution >= 4 is 5.57 Å². The fourth-order valence-corrected chi connectivity index (χ4v) is 1.03. The Morgan fingerprint density at radius 3 is 2.16 bits per heavy atom. The zero-order chi connectivity index (χ0) is 14.8. The minimum atomic E-state index is -4.46. The Morgan fingerprint density at radius 1 is 1.16 bits per heavy atom. The summed E-state index contributed by atoms with van der Waals surface area (Å²) in [6, 6.07) is 0. The molecule has 0 N–H and O–H groups in total. The molecule has 6 heteroatoms. The van der Waals surface area contributed by atoms with Gasteiger partial charge in [-0.15, -0.1) is 0 Å². The Balaban J connectivity index is 2.83. The lowest BCUT2D eigenvalue weighted by Crippen LogP contribution is -2.13. The molecule has 0 fully saturated rings. The van der Waals surface area contributed by atoms with Crippen molar-refractivity contribution in [3.8, 4) is 0 Å². The van der Waals surface area contributed by atoms with E-state index in [2.05, 4.69) is 23.3 Å². The molecule has 1 aromatic rings. The highest BCUT2D eigenvalue weighted by molar-refractivity contribution is 5.66. The van der Waals surface area contributed by atoms with Gasteiger partial charge in [-0.25, -0.2) is 0 Å². The summed E-state index contributed by atoms with van der Waals surface area (Å²) in [6.07, 6.45) is -2.48. The summed E-state index contributed by atoms with van der Waals surface area (Å²) in [5.41, 5.74) is -1.07. The number of hydrogen-bond donors (Lipinski definition) is 0. The zero-order valence-electron chi connectivity index (χ0n) is 11.0. The maximum absolute atomic E-state index is 12.2. The molecule has 0 aliphatic heterocycles. The highest BCUT2D eigenvalue weighted by atomic mass is 19.4. The van der Waals surface area contributed by atoms with Crippen molar-refractivity contribution < 1.29 is 17.7 Å². The van der Waals surface area contributed by atoms with Crippen LogP contribution in [0.1, 0.15) is 32.5 Å². The Morgan fingerprint density at radius 2 is 1.74 bits per heavy atom. The lowest BCUT2D eigenvalue weighted by molar-refractivity contribution is -0.0878. The standard InChI is InChI=1S/C13H15F3N2O/c1-8(6-7-9(2)13(14,15)16)10-17-11(18-19-10)12(3,4)5/h6-7H,1-2H2,3-5H3/b7-6-. The summed E-state index contributed by atoms with van der Waals surface area (Å²) in [5.74, 6) is 0.558. The molecule has 0 amide bonds. The van der Waals surface area contributed by atoms with Gasteiger partial charge in [-0.3, -0.25) is 0 Å². The van der Waals surface area contributed by atoms with Crippen molar-refractivity contribution in [1.29, 1.82) is 0 Å².